The van der Waals surface area contributed by atoms with Crippen LogP contribution in [0, 0.1) is 11.3 Å². The Morgan fingerprint density at radius 1 is 1.38 bits per heavy atom. The standard InChI is InChI=1S/C14H15Cl2N3O2/c1-3-4-12(20)18-13-10(7-9(15)8-11(13)16)14(21)19(2)6-5-17/h7-8H,3-4,6H2,1-2H3,(H,18,20). The summed E-state index contributed by atoms with van der Waals surface area (Å²) in [6, 6.07) is 4.75. The van der Waals surface area contributed by atoms with Gasteiger partial charge in [-0.2, -0.15) is 5.26 Å². The van der Waals surface area contributed by atoms with E-state index in [4.69, 9.17) is 28.5 Å². The molecule has 0 aliphatic rings. The topological polar surface area (TPSA) is 73.2 Å². The van der Waals surface area contributed by atoms with Gasteiger partial charge in [0.15, 0.2) is 0 Å². The maximum Gasteiger partial charge on any atom is 0.256 e. The predicted octanol–water partition coefficient (Wildman–Crippen LogP) is 3.33. The van der Waals surface area contributed by atoms with Crippen LogP contribution in [0.2, 0.25) is 10.0 Å². The van der Waals surface area contributed by atoms with Crippen molar-refractivity contribution in [3.05, 3.63) is 27.7 Å². The molecule has 0 atom stereocenters. The average molecular weight is 328 g/mol. The number of hydrogen-bond donors (Lipinski definition) is 1. The lowest BCUT2D eigenvalue weighted by Crippen LogP contribution is -2.28. The second kappa shape index (κ2) is 7.87. The molecule has 1 aromatic carbocycles. The lowest BCUT2D eigenvalue weighted by atomic mass is 10.1. The van der Waals surface area contributed by atoms with Crippen LogP contribution >= 0.6 is 23.2 Å². The van der Waals surface area contributed by atoms with E-state index >= 15 is 0 Å². The average Bonchev–Trinajstić information content (AvgIpc) is 2.41. The largest absolute Gasteiger partial charge is 0.328 e. The summed E-state index contributed by atoms with van der Waals surface area (Å²) in [6.07, 6.45) is 0.995. The fraction of sp³-hybridized carbons (Fsp3) is 0.357. The molecular weight excluding hydrogens is 313 g/mol. The zero-order valence-corrected chi connectivity index (χ0v) is 13.3. The number of hydrogen-bond acceptors (Lipinski definition) is 3. The number of carbonyl (C=O) groups is 2. The number of nitrogens with one attached hydrogen (secondary N) is 1. The SMILES string of the molecule is CCCC(=O)Nc1c(Cl)cc(Cl)cc1C(=O)N(C)CC#N. The van der Waals surface area contributed by atoms with Crippen molar-refractivity contribution in [2.45, 2.75) is 19.8 Å². The molecule has 0 radical (unpaired) electrons. The van der Waals surface area contributed by atoms with Crippen LogP contribution in [0.3, 0.4) is 0 Å². The molecule has 0 fully saturated rings. The molecule has 0 saturated carbocycles. The fourth-order valence-corrected chi connectivity index (χ4v) is 2.22. The van der Waals surface area contributed by atoms with Gasteiger partial charge in [0.2, 0.25) is 5.91 Å². The van der Waals surface area contributed by atoms with Crippen LogP contribution < -0.4 is 5.32 Å². The summed E-state index contributed by atoms with van der Waals surface area (Å²) in [5, 5.41) is 11.7. The van der Waals surface area contributed by atoms with Gasteiger partial charge in [-0.3, -0.25) is 9.59 Å². The molecule has 2 amide bonds. The molecule has 1 aromatic rings. The zero-order valence-electron chi connectivity index (χ0n) is 11.7. The summed E-state index contributed by atoms with van der Waals surface area (Å²) >= 11 is 12.0. The number of anilines is 1. The van der Waals surface area contributed by atoms with Crippen molar-refractivity contribution < 1.29 is 9.59 Å². The lowest BCUT2D eigenvalue weighted by Gasteiger charge is -2.17. The van der Waals surface area contributed by atoms with E-state index in [1.54, 1.807) is 0 Å². The van der Waals surface area contributed by atoms with Gasteiger partial charge >= 0.3 is 0 Å². The molecule has 0 saturated heterocycles. The lowest BCUT2D eigenvalue weighted by molar-refractivity contribution is -0.116. The minimum Gasteiger partial charge on any atom is -0.328 e. The maximum atomic E-state index is 12.3. The number of nitriles is 1. The van der Waals surface area contributed by atoms with E-state index in [0.29, 0.717) is 12.8 Å². The van der Waals surface area contributed by atoms with Gasteiger partial charge in [0.1, 0.15) is 6.54 Å². The van der Waals surface area contributed by atoms with Gasteiger partial charge in [-0.1, -0.05) is 30.1 Å². The molecule has 1 rings (SSSR count). The highest BCUT2D eigenvalue weighted by molar-refractivity contribution is 6.38. The highest BCUT2D eigenvalue weighted by Crippen LogP contribution is 2.31. The quantitative estimate of drug-likeness (QED) is 0.843. The Bertz CT molecular complexity index is 597. The molecule has 0 bridgehead atoms. The van der Waals surface area contributed by atoms with Crippen molar-refractivity contribution in [1.82, 2.24) is 4.90 Å². The van der Waals surface area contributed by atoms with Crippen LogP contribution in [0.25, 0.3) is 0 Å². The molecular formula is C14H15Cl2N3O2. The first-order valence-electron chi connectivity index (χ1n) is 6.32. The summed E-state index contributed by atoms with van der Waals surface area (Å²) in [5.41, 5.74) is 0.379. The van der Waals surface area contributed by atoms with E-state index in [2.05, 4.69) is 5.32 Å². The molecule has 1 N–H and O–H groups in total. The number of benzene rings is 1. The Balaban J connectivity index is 3.20. The van der Waals surface area contributed by atoms with Gasteiger partial charge in [-0.05, 0) is 18.6 Å². The first-order chi connectivity index (χ1) is 9.90. The van der Waals surface area contributed by atoms with Crippen LogP contribution in [0.1, 0.15) is 30.1 Å². The summed E-state index contributed by atoms with van der Waals surface area (Å²) < 4.78 is 0. The van der Waals surface area contributed by atoms with Gasteiger partial charge in [-0.15, -0.1) is 0 Å². The van der Waals surface area contributed by atoms with Crippen LogP contribution in [-0.4, -0.2) is 30.3 Å². The van der Waals surface area contributed by atoms with Crippen LogP contribution in [0.5, 0.6) is 0 Å². The van der Waals surface area contributed by atoms with Crippen molar-refractivity contribution >= 4 is 40.7 Å². The van der Waals surface area contributed by atoms with Gasteiger partial charge < -0.3 is 10.2 Å². The van der Waals surface area contributed by atoms with E-state index in [1.807, 2.05) is 13.0 Å². The fourth-order valence-electron chi connectivity index (χ4n) is 1.68. The Kier molecular flexibility index (Phi) is 6.47. The van der Waals surface area contributed by atoms with Gasteiger partial charge in [0.05, 0.1) is 22.3 Å². The highest BCUT2D eigenvalue weighted by Gasteiger charge is 2.20. The van der Waals surface area contributed by atoms with Gasteiger partial charge in [0, 0.05) is 18.5 Å². The third-order valence-corrected chi connectivity index (χ3v) is 3.20. The predicted molar refractivity (Wildman–Crippen MR) is 82.6 cm³/mol. The van der Waals surface area contributed by atoms with E-state index in [1.165, 1.54) is 24.1 Å². The second-order valence-corrected chi connectivity index (χ2v) is 5.27. The monoisotopic (exact) mass is 327 g/mol. The normalized spacial score (nSPS) is 9.86. The molecule has 0 aromatic heterocycles. The van der Waals surface area contributed by atoms with Crippen molar-refractivity contribution in [3.63, 3.8) is 0 Å². The van der Waals surface area contributed by atoms with E-state index in [0.717, 1.165) is 0 Å². The molecule has 0 heterocycles. The summed E-state index contributed by atoms with van der Waals surface area (Å²) in [6.45, 7) is 1.79. The summed E-state index contributed by atoms with van der Waals surface area (Å²) in [4.78, 5) is 25.3. The summed E-state index contributed by atoms with van der Waals surface area (Å²) in [5.74, 6) is -0.675. The van der Waals surface area contributed by atoms with Crippen molar-refractivity contribution in [1.29, 1.82) is 5.26 Å². The molecule has 0 spiro atoms. The van der Waals surface area contributed by atoms with E-state index in [-0.39, 0.29) is 33.7 Å². The third-order valence-electron chi connectivity index (χ3n) is 2.68. The number of amides is 2. The molecule has 5 nitrogen and oxygen atoms in total. The number of halogens is 2. The number of carbonyl (C=O) groups excluding carboxylic acids is 2. The van der Waals surface area contributed by atoms with E-state index < -0.39 is 5.91 Å². The molecule has 0 aliphatic heterocycles. The second-order valence-electron chi connectivity index (χ2n) is 4.43. The first kappa shape index (κ1) is 17.3. The van der Waals surface area contributed by atoms with Crippen molar-refractivity contribution in [2.24, 2.45) is 0 Å². The van der Waals surface area contributed by atoms with Crippen LogP contribution in [0.4, 0.5) is 5.69 Å². The number of rotatable bonds is 5. The third kappa shape index (κ3) is 4.62. The minimum atomic E-state index is -0.437. The molecule has 21 heavy (non-hydrogen) atoms. The Morgan fingerprint density at radius 2 is 2.05 bits per heavy atom. The first-order valence-corrected chi connectivity index (χ1v) is 7.07. The van der Waals surface area contributed by atoms with Crippen LogP contribution in [-0.2, 0) is 4.79 Å². The molecule has 0 aliphatic carbocycles. The Labute approximate surface area is 133 Å². The Morgan fingerprint density at radius 3 is 2.62 bits per heavy atom. The zero-order chi connectivity index (χ0) is 16.0. The Hall–Kier alpha value is -1.77. The number of nitrogens with zero attached hydrogens (tertiary/aromatic N) is 2. The van der Waals surface area contributed by atoms with Crippen molar-refractivity contribution in [3.8, 4) is 6.07 Å². The molecule has 112 valence electrons. The van der Waals surface area contributed by atoms with E-state index in [9.17, 15) is 9.59 Å². The van der Waals surface area contributed by atoms with Gasteiger partial charge in [-0.25, -0.2) is 0 Å². The molecule has 0 unspecified atom stereocenters. The highest BCUT2D eigenvalue weighted by atomic mass is 35.5. The maximum absolute atomic E-state index is 12.3. The van der Waals surface area contributed by atoms with Crippen molar-refractivity contribution in [2.75, 3.05) is 18.9 Å². The van der Waals surface area contributed by atoms with Gasteiger partial charge in [0.25, 0.3) is 5.91 Å². The minimum absolute atomic E-state index is 0.0781. The smallest absolute Gasteiger partial charge is 0.256 e. The van der Waals surface area contributed by atoms with Crippen LogP contribution in [0.15, 0.2) is 12.1 Å². The summed E-state index contributed by atoms with van der Waals surface area (Å²) in [7, 11) is 1.48. The molecule has 7 heteroatoms.